The molecule has 0 aliphatic rings. The minimum absolute atomic E-state index is 0.273. The predicted molar refractivity (Wildman–Crippen MR) is 58.7 cm³/mol. The molecule has 0 unspecified atom stereocenters. The maximum Gasteiger partial charge on any atom is 0.405 e. The van der Waals surface area contributed by atoms with Crippen LogP contribution >= 0.6 is 0 Å². The molecule has 1 aromatic rings. The molecule has 4 N–H and O–H groups in total. The second-order valence-corrected chi connectivity index (χ2v) is 3.51. The number of amides is 2. The first-order valence-corrected chi connectivity index (χ1v) is 4.75. The Kier molecular flexibility index (Phi) is 3.82. The molecule has 1 rings (SSSR count). The fourth-order valence-electron chi connectivity index (χ4n) is 1.14. The Hall–Kier alpha value is -1.92. The zero-order chi connectivity index (χ0) is 13.1. The van der Waals surface area contributed by atoms with Gasteiger partial charge in [0.05, 0.1) is 11.4 Å². The summed E-state index contributed by atoms with van der Waals surface area (Å²) in [4.78, 5) is 11.1. The molecule has 0 atom stereocenters. The van der Waals surface area contributed by atoms with Crippen molar-refractivity contribution in [1.29, 1.82) is 0 Å². The van der Waals surface area contributed by atoms with Crippen LogP contribution in [0.5, 0.6) is 0 Å². The van der Waals surface area contributed by atoms with Crippen LogP contribution in [0.1, 0.15) is 5.56 Å². The average Bonchev–Trinajstić information content (AvgIpc) is 2.18. The lowest BCUT2D eigenvalue weighted by atomic mass is 10.2. The number of benzene rings is 1. The second-order valence-electron chi connectivity index (χ2n) is 3.51. The summed E-state index contributed by atoms with van der Waals surface area (Å²) in [5, 5.41) is 3.92. The molecule has 0 saturated carbocycles. The standard InChI is InChI=1S/C10H12F3N3O/c1-6-2-3-8(7(14)4-6)16-9(17)15-5-10(11,12)13/h2-4H,5,14H2,1H3,(H2,15,16,17). The van der Waals surface area contributed by atoms with E-state index >= 15 is 0 Å². The molecule has 0 aromatic heterocycles. The van der Waals surface area contributed by atoms with Crippen LogP contribution in [0.15, 0.2) is 18.2 Å². The van der Waals surface area contributed by atoms with Crippen LogP contribution in [-0.2, 0) is 0 Å². The van der Waals surface area contributed by atoms with E-state index < -0.39 is 18.8 Å². The van der Waals surface area contributed by atoms with Crippen LogP contribution < -0.4 is 16.4 Å². The van der Waals surface area contributed by atoms with Crippen molar-refractivity contribution < 1.29 is 18.0 Å². The van der Waals surface area contributed by atoms with Gasteiger partial charge >= 0.3 is 12.2 Å². The van der Waals surface area contributed by atoms with Crippen LogP contribution in [0.25, 0.3) is 0 Å². The third kappa shape index (κ3) is 4.62. The molecule has 0 radical (unpaired) electrons. The molecular formula is C10H12F3N3O. The van der Waals surface area contributed by atoms with Gasteiger partial charge in [-0.15, -0.1) is 0 Å². The second kappa shape index (κ2) is 4.94. The number of carbonyl (C=O) groups is 1. The Morgan fingerprint density at radius 1 is 1.41 bits per heavy atom. The number of hydrogen-bond acceptors (Lipinski definition) is 2. The van der Waals surface area contributed by atoms with Gasteiger partial charge in [0.15, 0.2) is 0 Å². The van der Waals surface area contributed by atoms with Crippen LogP contribution in [-0.4, -0.2) is 18.8 Å². The fraction of sp³-hybridized carbons (Fsp3) is 0.300. The summed E-state index contributed by atoms with van der Waals surface area (Å²) in [6, 6.07) is 3.88. The smallest absolute Gasteiger partial charge is 0.397 e. The molecule has 0 heterocycles. The molecule has 2 amide bonds. The number of alkyl halides is 3. The maximum atomic E-state index is 11.8. The summed E-state index contributed by atoms with van der Waals surface area (Å²) in [7, 11) is 0. The van der Waals surface area contributed by atoms with Gasteiger partial charge in [0.1, 0.15) is 6.54 Å². The van der Waals surface area contributed by atoms with Crippen LogP contribution in [0.4, 0.5) is 29.3 Å². The van der Waals surface area contributed by atoms with Crippen LogP contribution in [0.2, 0.25) is 0 Å². The molecular weight excluding hydrogens is 235 g/mol. The van der Waals surface area contributed by atoms with E-state index in [2.05, 4.69) is 5.32 Å². The van der Waals surface area contributed by atoms with Crippen molar-refractivity contribution in [1.82, 2.24) is 5.32 Å². The lowest BCUT2D eigenvalue weighted by Gasteiger charge is -2.11. The van der Waals surface area contributed by atoms with Crippen LogP contribution in [0, 0.1) is 6.92 Å². The number of anilines is 2. The predicted octanol–water partition coefficient (Wildman–Crippen LogP) is 2.26. The van der Waals surface area contributed by atoms with Gasteiger partial charge in [0.25, 0.3) is 0 Å². The van der Waals surface area contributed by atoms with Gasteiger partial charge in [0.2, 0.25) is 0 Å². The molecule has 1 aromatic carbocycles. The highest BCUT2D eigenvalue weighted by Gasteiger charge is 2.27. The van der Waals surface area contributed by atoms with E-state index in [1.165, 1.54) is 6.07 Å². The fourth-order valence-corrected chi connectivity index (χ4v) is 1.14. The molecule has 0 spiro atoms. The first kappa shape index (κ1) is 13.1. The van der Waals surface area contributed by atoms with E-state index in [0.717, 1.165) is 5.56 Å². The van der Waals surface area contributed by atoms with Gasteiger partial charge in [-0.25, -0.2) is 4.79 Å². The zero-order valence-electron chi connectivity index (χ0n) is 9.06. The van der Waals surface area contributed by atoms with Gasteiger partial charge in [-0.1, -0.05) is 6.07 Å². The highest BCUT2D eigenvalue weighted by molar-refractivity contribution is 5.92. The first-order valence-electron chi connectivity index (χ1n) is 4.75. The van der Waals surface area contributed by atoms with Gasteiger partial charge in [-0.2, -0.15) is 13.2 Å². The summed E-state index contributed by atoms with van der Waals surface area (Å²) >= 11 is 0. The zero-order valence-corrected chi connectivity index (χ0v) is 9.06. The SMILES string of the molecule is Cc1ccc(NC(=O)NCC(F)(F)F)c(N)c1. The molecule has 17 heavy (non-hydrogen) atoms. The highest BCUT2D eigenvalue weighted by atomic mass is 19.4. The Bertz CT molecular complexity index is 418. The summed E-state index contributed by atoms with van der Waals surface area (Å²) in [5.74, 6) is 0. The van der Waals surface area contributed by atoms with Crippen LogP contribution in [0.3, 0.4) is 0 Å². The van der Waals surface area contributed by atoms with E-state index in [0.29, 0.717) is 5.69 Å². The van der Waals surface area contributed by atoms with Crippen molar-refractivity contribution in [3.05, 3.63) is 23.8 Å². The summed E-state index contributed by atoms with van der Waals surface area (Å²) in [6.45, 7) is 0.425. The third-order valence-corrected chi connectivity index (χ3v) is 1.90. The molecule has 0 saturated heterocycles. The Morgan fingerprint density at radius 3 is 2.59 bits per heavy atom. The molecule has 0 fully saturated rings. The largest absolute Gasteiger partial charge is 0.405 e. The van der Waals surface area contributed by atoms with E-state index in [4.69, 9.17) is 5.73 Å². The van der Waals surface area contributed by atoms with Crippen molar-refractivity contribution in [2.75, 3.05) is 17.6 Å². The van der Waals surface area contributed by atoms with Gasteiger partial charge in [0, 0.05) is 0 Å². The molecule has 0 bridgehead atoms. The normalized spacial score (nSPS) is 11.1. The highest BCUT2D eigenvalue weighted by Crippen LogP contribution is 2.19. The Morgan fingerprint density at radius 2 is 2.06 bits per heavy atom. The molecule has 0 aliphatic heterocycles. The van der Waals surface area contributed by atoms with E-state index in [-0.39, 0.29) is 5.69 Å². The van der Waals surface area contributed by atoms with E-state index in [9.17, 15) is 18.0 Å². The van der Waals surface area contributed by atoms with Gasteiger partial charge < -0.3 is 16.4 Å². The monoisotopic (exact) mass is 247 g/mol. The number of carbonyl (C=O) groups excluding carboxylic acids is 1. The number of hydrogen-bond donors (Lipinski definition) is 3. The number of aryl methyl sites for hydroxylation is 1. The third-order valence-electron chi connectivity index (χ3n) is 1.90. The minimum atomic E-state index is -4.43. The van der Waals surface area contributed by atoms with Gasteiger partial charge in [-0.05, 0) is 24.6 Å². The van der Waals surface area contributed by atoms with Crippen molar-refractivity contribution in [2.24, 2.45) is 0 Å². The number of halogens is 3. The summed E-state index contributed by atoms with van der Waals surface area (Å²) in [6.07, 6.45) is -4.43. The van der Waals surface area contributed by atoms with Crippen molar-refractivity contribution >= 4 is 17.4 Å². The molecule has 4 nitrogen and oxygen atoms in total. The van der Waals surface area contributed by atoms with Crippen molar-refractivity contribution in [3.63, 3.8) is 0 Å². The number of nitrogen functional groups attached to an aromatic ring is 1. The quantitative estimate of drug-likeness (QED) is 0.702. The Balaban J connectivity index is 2.57. The lowest BCUT2D eigenvalue weighted by Crippen LogP contribution is -2.36. The first-order chi connectivity index (χ1) is 7.78. The number of nitrogens with one attached hydrogen (secondary N) is 2. The topological polar surface area (TPSA) is 67.2 Å². The van der Waals surface area contributed by atoms with E-state index in [1.54, 1.807) is 17.4 Å². The summed E-state index contributed by atoms with van der Waals surface area (Å²) in [5.41, 5.74) is 7.05. The number of nitrogens with two attached hydrogens (primary N) is 1. The van der Waals surface area contributed by atoms with Gasteiger partial charge in [-0.3, -0.25) is 0 Å². The molecule has 0 aliphatic carbocycles. The Labute approximate surface area is 96.0 Å². The average molecular weight is 247 g/mol. The van der Waals surface area contributed by atoms with Crippen molar-refractivity contribution in [3.8, 4) is 0 Å². The molecule has 94 valence electrons. The molecule has 7 heteroatoms. The number of urea groups is 1. The minimum Gasteiger partial charge on any atom is -0.397 e. The number of rotatable bonds is 2. The lowest BCUT2D eigenvalue weighted by molar-refractivity contribution is -0.122. The maximum absolute atomic E-state index is 11.8. The summed E-state index contributed by atoms with van der Waals surface area (Å²) < 4.78 is 35.5. The van der Waals surface area contributed by atoms with Crippen molar-refractivity contribution in [2.45, 2.75) is 13.1 Å². The van der Waals surface area contributed by atoms with E-state index in [1.807, 2.05) is 6.92 Å².